The first-order valence-corrected chi connectivity index (χ1v) is 6.71. The molecular weight excluding hydrogens is 295 g/mol. The molecule has 2 N–H and O–H groups in total. The van der Waals surface area contributed by atoms with Crippen molar-refractivity contribution in [1.82, 2.24) is 10.3 Å². The van der Waals surface area contributed by atoms with Gasteiger partial charge in [-0.3, -0.25) is 9.78 Å². The molecule has 2 rings (SSSR count). The molecule has 0 aliphatic rings. The topological polar surface area (TPSA) is 79.3 Å². The number of hydrogen-bond acceptors (Lipinski definition) is 4. The van der Waals surface area contributed by atoms with Crippen molar-refractivity contribution in [1.29, 1.82) is 0 Å². The number of carboxylic acids is 1. The van der Waals surface area contributed by atoms with E-state index in [1.54, 1.807) is 6.07 Å². The van der Waals surface area contributed by atoms with Gasteiger partial charge in [0, 0.05) is 23.0 Å². The van der Waals surface area contributed by atoms with Gasteiger partial charge < -0.3 is 10.4 Å². The Kier molecular flexibility index (Phi) is 4.54. The van der Waals surface area contributed by atoms with Gasteiger partial charge in [-0.2, -0.15) is 0 Å². The second-order valence-corrected chi connectivity index (χ2v) is 5.12. The number of hydrogen-bond donors (Lipinski definition) is 2. The Morgan fingerprint density at radius 3 is 2.71 bits per heavy atom. The molecule has 0 saturated heterocycles. The van der Waals surface area contributed by atoms with Crippen molar-refractivity contribution in [3.8, 4) is 0 Å². The Balaban J connectivity index is 2.32. The first kappa shape index (κ1) is 15.0. The molecule has 21 heavy (non-hydrogen) atoms. The third kappa shape index (κ3) is 3.57. The van der Waals surface area contributed by atoms with E-state index >= 15 is 0 Å². The molecule has 1 aromatic carbocycles. The number of rotatable bonds is 4. The second kappa shape index (κ2) is 6.36. The Morgan fingerprint density at radius 2 is 2.05 bits per heavy atom. The van der Waals surface area contributed by atoms with Crippen molar-refractivity contribution in [2.45, 2.75) is 9.79 Å². The van der Waals surface area contributed by atoms with Crippen molar-refractivity contribution in [3.05, 3.63) is 53.6 Å². The van der Waals surface area contributed by atoms with Crippen molar-refractivity contribution in [2.24, 2.45) is 0 Å². The Labute approximate surface area is 124 Å². The number of carbonyl (C=O) groups excluding carboxylic acids is 1. The van der Waals surface area contributed by atoms with Crippen LogP contribution in [-0.4, -0.2) is 29.0 Å². The monoisotopic (exact) mass is 306 g/mol. The zero-order valence-corrected chi connectivity index (χ0v) is 11.8. The highest BCUT2D eigenvalue weighted by atomic mass is 32.2. The van der Waals surface area contributed by atoms with E-state index in [-0.39, 0.29) is 22.1 Å². The summed E-state index contributed by atoms with van der Waals surface area (Å²) in [5.41, 5.74) is 0.205. The molecule has 0 bridgehead atoms. The Morgan fingerprint density at radius 1 is 1.29 bits per heavy atom. The molecule has 0 fully saturated rings. The van der Waals surface area contributed by atoms with Crippen LogP contribution in [0.25, 0.3) is 0 Å². The molecule has 7 heteroatoms. The molecule has 0 aliphatic heterocycles. The van der Waals surface area contributed by atoms with Crippen LogP contribution in [0.15, 0.2) is 46.3 Å². The summed E-state index contributed by atoms with van der Waals surface area (Å²) in [4.78, 5) is 27.1. The number of halogens is 1. The van der Waals surface area contributed by atoms with E-state index in [4.69, 9.17) is 5.11 Å². The summed E-state index contributed by atoms with van der Waals surface area (Å²) in [6.07, 6.45) is 1.44. The molecule has 1 aromatic heterocycles. The van der Waals surface area contributed by atoms with Gasteiger partial charge in [-0.25, -0.2) is 9.18 Å². The highest BCUT2D eigenvalue weighted by Crippen LogP contribution is 2.30. The first-order valence-electron chi connectivity index (χ1n) is 5.90. The van der Waals surface area contributed by atoms with E-state index in [2.05, 4.69) is 10.3 Å². The minimum Gasteiger partial charge on any atom is -0.478 e. The number of carbonyl (C=O) groups is 2. The summed E-state index contributed by atoms with van der Waals surface area (Å²) < 4.78 is 13.7. The van der Waals surface area contributed by atoms with Crippen LogP contribution in [0.1, 0.15) is 20.8 Å². The molecule has 0 saturated carbocycles. The van der Waals surface area contributed by atoms with Gasteiger partial charge in [0.25, 0.3) is 5.91 Å². The molecule has 2 aromatic rings. The van der Waals surface area contributed by atoms with Crippen molar-refractivity contribution in [3.63, 3.8) is 0 Å². The summed E-state index contributed by atoms with van der Waals surface area (Å²) in [6, 6.07) is 6.68. The third-order valence-electron chi connectivity index (χ3n) is 2.60. The maximum atomic E-state index is 13.7. The molecule has 1 heterocycles. The minimum absolute atomic E-state index is 0.000481. The highest BCUT2D eigenvalue weighted by molar-refractivity contribution is 7.99. The Bertz CT molecular complexity index is 706. The Hall–Kier alpha value is -2.41. The molecule has 0 unspecified atom stereocenters. The number of pyridine rings is 1. The zero-order chi connectivity index (χ0) is 15.4. The maximum Gasteiger partial charge on any atom is 0.335 e. The normalized spacial score (nSPS) is 10.2. The lowest BCUT2D eigenvalue weighted by Crippen LogP contribution is -2.18. The van der Waals surface area contributed by atoms with Crippen LogP contribution in [0.5, 0.6) is 0 Å². The molecular formula is C14H11FN2O3S. The number of carboxylic acid groups (broad SMARTS) is 1. The third-order valence-corrected chi connectivity index (χ3v) is 3.62. The van der Waals surface area contributed by atoms with Crippen LogP contribution < -0.4 is 5.32 Å². The second-order valence-electron chi connectivity index (χ2n) is 4.01. The van der Waals surface area contributed by atoms with Crippen LogP contribution in [-0.2, 0) is 0 Å². The van der Waals surface area contributed by atoms with E-state index in [0.717, 1.165) is 17.8 Å². The largest absolute Gasteiger partial charge is 0.478 e. The van der Waals surface area contributed by atoms with E-state index in [1.807, 2.05) is 0 Å². The fourth-order valence-electron chi connectivity index (χ4n) is 1.57. The molecule has 0 aliphatic carbocycles. The zero-order valence-electron chi connectivity index (χ0n) is 11.0. The smallest absolute Gasteiger partial charge is 0.335 e. The fourth-order valence-corrected chi connectivity index (χ4v) is 2.47. The number of aromatic carboxylic acids is 1. The summed E-state index contributed by atoms with van der Waals surface area (Å²) in [5, 5.41) is 11.4. The average molecular weight is 306 g/mol. The van der Waals surface area contributed by atoms with E-state index in [9.17, 15) is 14.0 Å². The van der Waals surface area contributed by atoms with Gasteiger partial charge in [0.2, 0.25) is 0 Å². The summed E-state index contributed by atoms with van der Waals surface area (Å²) in [5.74, 6) is -2.00. The number of aromatic nitrogens is 1. The minimum atomic E-state index is -1.13. The van der Waals surface area contributed by atoms with Gasteiger partial charge in [-0.05, 0) is 30.3 Å². The average Bonchev–Trinajstić information content (AvgIpc) is 2.48. The van der Waals surface area contributed by atoms with Crippen molar-refractivity contribution in [2.75, 3.05) is 7.05 Å². The molecule has 108 valence electrons. The molecule has 0 atom stereocenters. The van der Waals surface area contributed by atoms with Gasteiger partial charge in [0.1, 0.15) is 11.5 Å². The SMILES string of the molecule is CNC(=O)c1cc(Sc2cc(C(=O)O)ccc2F)ccn1. The lowest BCUT2D eigenvalue weighted by Gasteiger charge is -2.06. The first-order chi connectivity index (χ1) is 10.0. The van der Waals surface area contributed by atoms with E-state index < -0.39 is 11.8 Å². The summed E-state index contributed by atoms with van der Waals surface area (Å²) in [7, 11) is 1.49. The lowest BCUT2D eigenvalue weighted by molar-refractivity contribution is 0.0696. The number of nitrogens with zero attached hydrogens (tertiary/aromatic N) is 1. The maximum absolute atomic E-state index is 13.7. The predicted octanol–water partition coefficient (Wildman–Crippen LogP) is 2.43. The van der Waals surface area contributed by atoms with Gasteiger partial charge in [0.15, 0.2) is 0 Å². The van der Waals surface area contributed by atoms with Crippen LogP contribution >= 0.6 is 11.8 Å². The van der Waals surface area contributed by atoms with Gasteiger partial charge >= 0.3 is 5.97 Å². The summed E-state index contributed by atoms with van der Waals surface area (Å²) in [6.45, 7) is 0. The molecule has 0 radical (unpaired) electrons. The van der Waals surface area contributed by atoms with E-state index in [0.29, 0.717) is 4.90 Å². The van der Waals surface area contributed by atoms with E-state index in [1.165, 1.54) is 31.4 Å². The van der Waals surface area contributed by atoms with Crippen LogP contribution in [0.4, 0.5) is 4.39 Å². The molecule has 1 amide bonds. The van der Waals surface area contributed by atoms with Crippen LogP contribution in [0, 0.1) is 5.82 Å². The number of amides is 1. The lowest BCUT2D eigenvalue weighted by atomic mass is 10.2. The van der Waals surface area contributed by atoms with Gasteiger partial charge in [0.05, 0.1) is 5.56 Å². The summed E-state index contributed by atoms with van der Waals surface area (Å²) >= 11 is 1.03. The van der Waals surface area contributed by atoms with Crippen molar-refractivity contribution < 1.29 is 19.1 Å². The van der Waals surface area contributed by atoms with Gasteiger partial charge in [-0.15, -0.1) is 0 Å². The van der Waals surface area contributed by atoms with Gasteiger partial charge in [-0.1, -0.05) is 11.8 Å². The number of benzene rings is 1. The standard InChI is InChI=1S/C14H11FN2O3S/c1-16-13(18)11-7-9(4-5-17-11)21-12-6-8(14(19)20)2-3-10(12)15/h2-7H,1H3,(H,16,18)(H,19,20). The quantitative estimate of drug-likeness (QED) is 0.907. The van der Waals surface area contributed by atoms with Crippen molar-refractivity contribution >= 4 is 23.6 Å². The predicted molar refractivity (Wildman–Crippen MR) is 75.1 cm³/mol. The molecule has 5 nitrogen and oxygen atoms in total. The highest BCUT2D eigenvalue weighted by Gasteiger charge is 2.11. The molecule has 0 spiro atoms. The number of nitrogens with one attached hydrogen (secondary N) is 1. The van der Waals surface area contributed by atoms with Crippen LogP contribution in [0.2, 0.25) is 0 Å². The van der Waals surface area contributed by atoms with Crippen LogP contribution in [0.3, 0.4) is 0 Å². The fraction of sp³-hybridized carbons (Fsp3) is 0.0714.